The van der Waals surface area contributed by atoms with Gasteiger partial charge in [0.2, 0.25) is 0 Å². The molecule has 96 valence electrons. The maximum absolute atomic E-state index is 9.95. The van der Waals surface area contributed by atoms with E-state index in [0.29, 0.717) is 5.02 Å². The summed E-state index contributed by atoms with van der Waals surface area (Å²) >= 11 is 7.70. The minimum atomic E-state index is -0.263. The first-order valence-corrected chi connectivity index (χ1v) is 7.43. The molecule has 5 heteroatoms. The molecule has 1 aromatic heterocycles. The Morgan fingerprint density at radius 2 is 2.17 bits per heavy atom. The van der Waals surface area contributed by atoms with Crippen molar-refractivity contribution < 1.29 is 5.11 Å². The number of halogens is 1. The number of thiazole rings is 1. The highest BCUT2D eigenvalue weighted by Gasteiger charge is 2.23. The Labute approximate surface area is 115 Å². The molecule has 2 N–H and O–H groups in total. The smallest absolute Gasteiger partial charge is 0.184 e. The Bertz CT molecular complexity index is 557. The van der Waals surface area contributed by atoms with Crippen molar-refractivity contribution in [3.05, 3.63) is 23.2 Å². The molecule has 0 aliphatic heterocycles. The van der Waals surface area contributed by atoms with Crippen LogP contribution in [0.5, 0.6) is 0 Å². The fourth-order valence-electron chi connectivity index (χ4n) is 2.41. The van der Waals surface area contributed by atoms with Crippen molar-refractivity contribution in [1.82, 2.24) is 4.98 Å². The van der Waals surface area contributed by atoms with Gasteiger partial charge < -0.3 is 10.4 Å². The van der Waals surface area contributed by atoms with Gasteiger partial charge in [-0.25, -0.2) is 4.98 Å². The van der Waals surface area contributed by atoms with Crippen molar-refractivity contribution in [2.24, 2.45) is 0 Å². The van der Waals surface area contributed by atoms with E-state index in [1.165, 1.54) is 6.42 Å². The van der Waals surface area contributed by atoms with Gasteiger partial charge in [0.25, 0.3) is 0 Å². The van der Waals surface area contributed by atoms with Gasteiger partial charge in [0.1, 0.15) is 5.52 Å². The minimum absolute atomic E-state index is 0.123. The molecule has 18 heavy (non-hydrogen) atoms. The number of aliphatic hydroxyl groups is 1. The van der Waals surface area contributed by atoms with E-state index in [4.69, 9.17) is 11.6 Å². The number of benzene rings is 1. The topological polar surface area (TPSA) is 45.1 Å². The molecule has 0 unspecified atom stereocenters. The van der Waals surface area contributed by atoms with Gasteiger partial charge in [-0.2, -0.15) is 0 Å². The summed E-state index contributed by atoms with van der Waals surface area (Å²) in [6.45, 7) is 0. The second-order valence-corrected chi connectivity index (χ2v) is 6.15. The van der Waals surface area contributed by atoms with Gasteiger partial charge >= 0.3 is 0 Å². The largest absolute Gasteiger partial charge is 0.391 e. The number of fused-ring (bicyclic) bond motifs is 1. The standard InChI is InChI=1S/C13H15ClN2OS/c14-8-4-3-7-11-12(8)16-13(18-11)15-9-5-1-2-6-10(9)17/h3-4,7,9-10,17H,1-2,5-6H2,(H,15,16)/t9-,10-/m1/s1. The SMILES string of the molecule is O[C@@H]1CCCC[C@H]1Nc1nc2c(Cl)cccc2s1. The minimum Gasteiger partial charge on any atom is -0.391 e. The molecular weight excluding hydrogens is 268 g/mol. The van der Waals surface area contributed by atoms with Gasteiger partial charge in [-0.05, 0) is 25.0 Å². The molecule has 0 saturated heterocycles. The van der Waals surface area contributed by atoms with Crippen LogP contribution in [0.4, 0.5) is 5.13 Å². The van der Waals surface area contributed by atoms with E-state index in [2.05, 4.69) is 10.3 Å². The molecule has 3 nitrogen and oxygen atoms in total. The molecule has 2 aromatic rings. The Balaban J connectivity index is 1.84. The predicted octanol–water partition coefficient (Wildman–Crippen LogP) is 3.67. The van der Waals surface area contributed by atoms with Gasteiger partial charge in [-0.15, -0.1) is 0 Å². The van der Waals surface area contributed by atoms with Crippen LogP contribution in [0, 0.1) is 0 Å². The van der Waals surface area contributed by atoms with E-state index in [1.807, 2.05) is 18.2 Å². The molecule has 1 fully saturated rings. The predicted molar refractivity (Wildman–Crippen MR) is 76.5 cm³/mol. The zero-order chi connectivity index (χ0) is 12.5. The van der Waals surface area contributed by atoms with Gasteiger partial charge in [-0.1, -0.05) is 41.8 Å². The molecule has 1 aliphatic rings. The summed E-state index contributed by atoms with van der Waals surface area (Å²) < 4.78 is 1.08. The monoisotopic (exact) mass is 282 g/mol. The summed E-state index contributed by atoms with van der Waals surface area (Å²) in [7, 11) is 0. The number of aromatic nitrogens is 1. The maximum Gasteiger partial charge on any atom is 0.184 e. The van der Waals surface area contributed by atoms with E-state index in [1.54, 1.807) is 11.3 Å². The third-order valence-corrected chi connectivity index (χ3v) is 4.66. The van der Waals surface area contributed by atoms with Crippen LogP contribution in [0.2, 0.25) is 5.02 Å². The molecule has 1 aliphatic carbocycles. The van der Waals surface area contributed by atoms with Crippen molar-refractivity contribution in [3.8, 4) is 0 Å². The van der Waals surface area contributed by atoms with E-state index < -0.39 is 0 Å². The fourth-order valence-corrected chi connectivity index (χ4v) is 3.64. The maximum atomic E-state index is 9.95. The van der Waals surface area contributed by atoms with Crippen molar-refractivity contribution in [2.75, 3.05) is 5.32 Å². The Morgan fingerprint density at radius 3 is 2.94 bits per heavy atom. The number of nitrogens with zero attached hydrogens (tertiary/aromatic N) is 1. The molecule has 1 saturated carbocycles. The summed E-state index contributed by atoms with van der Waals surface area (Å²) in [4.78, 5) is 4.51. The third kappa shape index (κ3) is 2.32. The summed E-state index contributed by atoms with van der Waals surface area (Å²) in [6.07, 6.45) is 3.90. The first-order valence-electron chi connectivity index (χ1n) is 6.24. The first kappa shape index (κ1) is 12.2. The quantitative estimate of drug-likeness (QED) is 0.883. The van der Waals surface area contributed by atoms with Gasteiger partial charge in [0, 0.05) is 0 Å². The molecule has 0 bridgehead atoms. The van der Waals surface area contributed by atoms with E-state index in [-0.39, 0.29) is 12.1 Å². The van der Waals surface area contributed by atoms with Crippen LogP contribution < -0.4 is 5.32 Å². The normalized spacial score (nSPS) is 24.3. The molecular formula is C13H15ClN2OS. The molecule has 2 atom stereocenters. The number of nitrogens with one attached hydrogen (secondary N) is 1. The van der Waals surface area contributed by atoms with Crippen LogP contribution in [-0.4, -0.2) is 22.2 Å². The Hall–Kier alpha value is -0.840. The lowest BCUT2D eigenvalue weighted by molar-refractivity contribution is 0.116. The van der Waals surface area contributed by atoms with Crippen molar-refractivity contribution in [1.29, 1.82) is 0 Å². The van der Waals surface area contributed by atoms with Crippen LogP contribution in [-0.2, 0) is 0 Å². The van der Waals surface area contributed by atoms with Crippen molar-refractivity contribution in [2.45, 2.75) is 37.8 Å². The molecule has 0 amide bonds. The molecule has 3 rings (SSSR count). The van der Waals surface area contributed by atoms with Crippen LogP contribution >= 0.6 is 22.9 Å². The molecule has 1 heterocycles. The average molecular weight is 283 g/mol. The van der Waals surface area contributed by atoms with Crippen LogP contribution in [0.15, 0.2) is 18.2 Å². The van der Waals surface area contributed by atoms with Gasteiger partial charge in [-0.3, -0.25) is 0 Å². The van der Waals surface area contributed by atoms with E-state index in [9.17, 15) is 5.11 Å². The number of hydrogen-bond acceptors (Lipinski definition) is 4. The highest BCUT2D eigenvalue weighted by Crippen LogP contribution is 2.32. The lowest BCUT2D eigenvalue weighted by Crippen LogP contribution is -2.36. The number of para-hydroxylation sites is 1. The molecule has 0 spiro atoms. The highest BCUT2D eigenvalue weighted by atomic mass is 35.5. The summed E-state index contributed by atoms with van der Waals surface area (Å²) in [5.74, 6) is 0. The second-order valence-electron chi connectivity index (χ2n) is 4.71. The Morgan fingerprint density at radius 1 is 1.33 bits per heavy atom. The third-order valence-electron chi connectivity index (χ3n) is 3.41. The van der Waals surface area contributed by atoms with Crippen molar-refractivity contribution >= 4 is 38.3 Å². The van der Waals surface area contributed by atoms with E-state index in [0.717, 1.165) is 34.6 Å². The lowest BCUT2D eigenvalue weighted by atomic mass is 9.93. The second kappa shape index (κ2) is 5.03. The summed E-state index contributed by atoms with van der Waals surface area (Å²) in [6, 6.07) is 5.92. The number of anilines is 1. The Kier molecular flexibility index (Phi) is 3.41. The number of rotatable bonds is 2. The van der Waals surface area contributed by atoms with Crippen molar-refractivity contribution in [3.63, 3.8) is 0 Å². The molecule has 1 aromatic carbocycles. The fraction of sp³-hybridized carbons (Fsp3) is 0.462. The lowest BCUT2D eigenvalue weighted by Gasteiger charge is -2.27. The van der Waals surface area contributed by atoms with Crippen LogP contribution in [0.25, 0.3) is 10.2 Å². The van der Waals surface area contributed by atoms with Gasteiger partial charge in [0.05, 0.1) is 21.9 Å². The number of hydrogen-bond donors (Lipinski definition) is 2. The summed E-state index contributed by atoms with van der Waals surface area (Å²) in [5.41, 5.74) is 0.844. The highest BCUT2D eigenvalue weighted by molar-refractivity contribution is 7.22. The van der Waals surface area contributed by atoms with Gasteiger partial charge in [0.15, 0.2) is 5.13 Å². The number of aliphatic hydroxyl groups excluding tert-OH is 1. The van der Waals surface area contributed by atoms with E-state index >= 15 is 0 Å². The van der Waals surface area contributed by atoms with Crippen LogP contribution in [0.3, 0.4) is 0 Å². The molecule has 0 radical (unpaired) electrons. The van der Waals surface area contributed by atoms with Crippen LogP contribution in [0.1, 0.15) is 25.7 Å². The average Bonchev–Trinajstić information content (AvgIpc) is 2.76. The zero-order valence-electron chi connectivity index (χ0n) is 9.90. The zero-order valence-corrected chi connectivity index (χ0v) is 11.5. The summed E-state index contributed by atoms with van der Waals surface area (Å²) in [5, 5.41) is 14.8. The first-order chi connectivity index (χ1) is 8.74.